The molecule has 138 valence electrons. The van der Waals surface area contributed by atoms with E-state index in [4.69, 9.17) is 14.6 Å². The van der Waals surface area contributed by atoms with E-state index >= 15 is 0 Å². The van der Waals surface area contributed by atoms with Crippen molar-refractivity contribution in [1.29, 1.82) is 0 Å². The van der Waals surface area contributed by atoms with Gasteiger partial charge in [0.25, 0.3) is 0 Å². The van der Waals surface area contributed by atoms with Crippen LogP contribution in [-0.2, 0) is 19.1 Å². The molecule has 0 unspecified atom stereocenters. The molecule has 6 heteroatoms. The Hall–Kier alpha value is -1.82. The molecule has 0 spiro atoms. The summed E-state index contributed by atoms with van der Waals surface area (Å²) in [5.74, 6) is -0.649. The minimum absolute atomic E-state index is 0.192. The number of aliphatic hydroxyl groups excluding tert-OH is 1. The molecule has 0 bridgehead atoms. The summed E-state index contributed by atoms with van der Waals surface area (Å²) in [7, 11) is 1.88. The molecule has 0 aromatic carbocycles. The summed E-state index contributed by atoms with van der Waals surface area (Å²) in [5, 5.41) is 8.70. The number of allylic oxidation sites excluding steroid dienone is 1. The van der Waals surface area contributed by atoms with Crippen molar-refractivity contribution in [3.8, 4) is 0 Å². The van der Waals surface area contributed by atoms with Gasteiger partial charge < -0.3 is 19.5 Å². The molecule has 0 rings (SSSR count). The largest absolute Gasteiger partial charge is 0.463 e. The lowest BCUT2D eigenvalue weighted by Crippen LogP contribution is -2.13. The van der Waals surface area contributed by atoms with E-state index in [1.54, 1.807) is 19.2 Å². The molecule has 0 aromatic rings. The quantitative estimate of drug-likeness (QED) is 0.297. The molecule has 6 nitrogen and oxygen atoms in total. The minimum Gasteiger partial charge on any atom is -0.463 e. The molecule has 0 aliphatic heterocycles. The number of unbranched alkanes of at least 4 members (excludes halogenated alkanes) is 4. The van der Waals surface area contributed by atoms with Crippen LogP contribution in [0.4, 0.5) is 0 Å². The number of carbonyl (C=O) groups is 2. The normalized spacial score (nSPS) is 11.1. The third-order valence-electron chi connectivity index (χ3n) is 3.21. The molecule has 0 radical (unpaired) electrons. The van der Waals surface area contributed by atoms with Crippen LogP contribution in [0.3, 0.4) is 0 Å². The highest BCUT2D eigenvalue weighted by atomic mass is 16.5. The molecule has 0 saturated carbocycles. The summed E-state index contributed by atoms with van der Waals surface area (Å²) in [5.41, 5.74) is 0. The van der Waals surface area contributed by atoms with Gasteiger partial charge >= 0.3 is 11.9 Å². The SMILES string of the molecule is C/C=C/C(=O)OCCCCCCOC(=O)/C=C/N(C)CCCCO. The predicted molar refractivity (Wildman–Crippen MR) is 93.3 cm³/mol. The van der Waals surface area contributed by atoms with Gasteiger partial charge in [0.1, 0.15) is 0 Å². The zero-order valence-electron chi connectivity index (χ0n) is 14.9. The number of esters is 2. The molecule has 0 aliphatic carbocycles. The highest BCUT2D eigenvalue weighted by Crippen LogP contribution is 2.01. The highest BCUT2D eigenvalue weighted by Gasteiger charge is 1.99. The van der Waals surface area contributed by atoms with E-state index in [0.29, 0.717) is 13.2 Å². The molecule has 0 aromatic heterocycles. The van der Waals surface area contributed by atoms with Crippen LogP contribution in [0.1, 0.15) is 45.4 Å². The molecule has 0 aliphatic rings. The van der Waals surface area contributed by atoms with Crippen molar-refractivity contribution in [2.24, 2.45) is 0 Å². The fraction of sp³-hybridized carbons (Fsp3) is 0.667. The standard InChI is InChI=1S/C18H31NO5/c1-3-10-17(21)23-15-8-4-5-9-16-24-18(22)11-13-19(2)12-6-7-14-20/h3,10-11,13,20H,4-9,12,14-16H2,1-2H3/b10-3+,13-11+. The smallest absolute Gasteiger partial charge is 0.332 e. The van der Waals surface area contributed by atoms with Gasteiger partial charge in [-0.2, -0.15) is 0 Å². The van der Waals surface area contributed by atoms with Gasteiger partial charge in [0.05, 0.1) is 13.2 Å². The Morgan fingerprint density at radius 2 is 1.50 bits per heavy atom. The van der Waals surface area contributed by atoms with Gasteiger partial charge in [-0.3, -0.25) is 0 Å². The van der Waals surface area contributed by atoms with Gasteiger partial charge in [-0.15, -0.1) is 0 Å². The van der Waals surface area contributed by atoms with E-state index in [1.807, 2.05) is 11.9 Å². The van der Waals surface area contributed by atoms with Gasteiger partial charge in [-0.1, -0.05) is 6.08 Å². The molecule has 0 fully saturated rings. The Labute approximate surface area is 145 Å². The molecule has 0 amide bonds. The number of aliphatic hydroxyl groups is 1. The van der Waals surface area contributed by atoms with E-state index < -0.39 is 0 Å². The first kappa shape index (κ1) is 22.2. The van der Waals surface area contributed by atoms with Crippen molar-refractivity contribution in [3.63, 3.8) is 0 Å². The Morgan fingerprint density at radius 1 is 0.917 bits per heavy atom. The van der Waals surface area contributed by atoms with Crippen molar-refractivity contribution >= 4 is 11.9 Å². The second-order valence-electron chi connectivity index (χ2n) is 5.48. The molecule has 1 N–H and O–H groups in total. The lowest BCUT2D eigenvalue weighted by atomic mass is 10.2. The third-order valence-corrected chi connectivity index (χ3v) is 3.21. The first-order valence-electron chi connectivity index (χ1n) is 8.55. The van der Waals surface area contributed by atoms with Crippen molar-refractivity contribution in [2.75, 3.05) is 33.4 Å². The summed E-state index contributed by atoms with van der Waals surface area (Å²) in [6, 6.07) is 0. The van der Waals surface area contributed by atoms with Gasteiger partial charge in [-0.05, 0) is 45.4 Å². The zero-order valence-corrected chi connectivity index (χ0v) is 14.9. The second-order valence-corrected chi connectivity index (χ2v) is 5.48. The lowest BCUT2D eigenvalue weighted by Gasteiger charge is -2.12. The first-order chi connectivity index (χ1) is 11.6. The molecular formula is C18H31NO5. The monoisotopic (exact) mass is 341 g/mol. The lowest BCUT2D eigenvalue weighted by molar-refractivity contribution is -0.139. The van der Waals surface area contributed by atoms with Crippen LogP contribution in [0.25, 0.3) is 0 Å². The van der Waals surface area contributed by atoms with Crippen LogP contribution in [0.15, 0.2) is 24.4 Å². The van der Waals surface area contributed by atoms with Crippen LogP contribution in [0.2, 0.25) is 0 Å². The maximum Gasteiger partial charge on any atom is 0.332 e. The maximum atomic E-state index is 11.5. The van der Waals surface area contributed by atoms with Gasteiger partial charge in [-0.25, -0.2) is 9.59 Å². The Kier molecular flexibility index (Phi) is 14.8. The van der Waals surface area contributed by atoms with Gasteiger partial charge in [0, 0.05) is 38.6 Å². The van der Waals surface area contributed by atoms with E-state index in [2.05, 4.69) is 0 Å². The van der Waals surface area contributed by atoms with E-state index in [1.165, 1.54) is 12.2 Å². The van der Waals surface area contributed by atoms with Crippen LogP contribution in [0, 0.1) is 0 Å². The van der Waals surface area contributed by atoms with Crippen molar-refractivity contribution in [3.05, 3.63) is 24.4 Å². The topological polar surface area (TPSA) is 76.1 Å². The molecule has 0 heterocycles. The Morgan fingerprint density at radius 3 is 2.04 bits per heavy atom. The number of rotatable bonds is 14. The molecule has 0 atom stereocenters. The predicted octanol–water partition coefficient (Wildman–Crippen LogP) is 2.43. The maximum absolute atomic E-state index is 11.5. The average molecular weight is 341 g/mol. The summed E-state index contributed by atoms with van der Waals surface area (Å²) in [6.45, 7) is 3.58. The second kappa shape index (κ2) is 16.1. The fourth-order valence-electron chi connectivity index (χ4n) is 1.87. The van der Waals surface area contributed by atoms with Crippen molar-refractivity contribution in [1.82, 2.24) is 4.90 Å². The molecule has 0 saturated heterocycles. The summed E-state index contributed by atoms with van der Waals surface area (Å²) in [4.78, 5) is 24.5. The number of nitrogens with zero attached hydrogens (tertiary/aromatic N) is 1. The third kappa shape index (κ3) is 15.1. The highest BCUT2D eigenvalue weighted by molar-refractivity contribution is 5.82. The minimum atomic E-state index is -0.343. The van der Waals surface area contributed by atoms with Crippen molar-refractivity contribution < 1.29 is 24.2 Å². The van der Waals surface area contributed by atoms with Crippen molar-refractivity contribution in [2.45, 2.75) is 45.4 Å². The summed E-state index contributed by atoms with van der Waals surface area (Å²) < 4.78 is 10.1. The average Bonchev–Trinajstić information content (AvgIpc) is 2.56. The van der Waals surface area contributed by atoms with Crippen LogP contribution >= 0.6 is 0 Å². The summed E-state index contributed by atoms with van der Waals surface area (Å²) in [6.07, 6.45) is 11.3. The van der Waals surface area contributed by atoms with Crippen LogP contribution in [0.5, 0.6) is 0 Å². The van der Waals surface area contributed by atoms with Crippen LogP contribution < -0.4 is 0 Å². The number of hydrogen-bond donors (Lipinski definition) is 1. The number of hydrogen-bond acceptors (Lipinski definition) is 6. The van der Waals surface area contributed by atoms with Gasteiger partial charge in [0.15, 0.2) is 0 Å². The van der Waals surface area contributed by atoms with E-state index in [-0.39, 0.29) is 18.5 Å². The molecular weight excluding hydrogens is 310 g/mol. The first-order valence-corrected chi connectivity index (χ1v) is 8.55. The number of carbonyl (C=O) groups excluding carboxylic acids is 2. The summed E-state index contributed by atoms with van der Waals surface area (Å²) >= 11 is 0. The Balaban J connectivity index is 3.50. The van der Waals surface area contributed by atoms with E-state index in [0.717, 1.165) is 45.1 Å². The fourth-order valence-corrected chi connectivity index (χ4v) is 1.87. The zero-order chi connectivity index (χ0) is 18.0. The van der Waals surface area contributed by atoms with Crippen LogP contribution in [-0.4, -0.2) is 55.4 Å². The number of ether oxygens (including phenoxy) is 2. The molecule has 24 heavy (non-hydrogen) atoms. The Bertz CT molecular complexity index is 393. The van der Waals surface area contributed by atoms with E-state index in [9.17, 15) is 9.59 Å². The van der Waals surface area contributed by atoms with Gasteiger partial charge in [0.2, 0.25) is 0 Å².